The lowest BCUT2D eigenvalue weighted by Crippen LogP contribution is -2.60. The van der Waals surface area contributed by atoms with Crippen LogP contribution in [0.1, 0.15) is 59.8 Å². The van der Waals surface area contributed by atoms with Crippen LogP contribution in [0.15, 0.2) is 0 Å². The van der Waals surface area contributed by atoms with E-state index in [-0.39, 0.29) is 6.09 Å². The number of likely N-dealkylation sites (tertiary alicyclic amines) is 1. The number of hydrogen-bond donors (Lipinski definition) is 1. The van der Waals surface area contributed by atoms with E-state index in [4.69, 9.17) is 4.74 Å². The number of carbonyl (C=O) groups excluding carboxylic acids is 1. The molecule has 3 heterocycles. The molecule has 3 saturated heterocycles. The van der Waals surface area contributed by atoms with E-state index in [2.05, 4.69) is 22.0 Å². The Morgan fingerprint density at radius 1 is 1.07 bits per heavy atom. The summed E-state index contributed by atoms with van der Waals surface area (Å²) < 4.78 is 5.55. The topological polar surface area (TPSA) is 48.0 Å². The highest BCUT2D eigenvalue weighted by Gasteiger charge is 2.35. The molecule has 3 aliphatic rings. The van der Waals surface area contributed by atoms with Crippen molar-refractivity contribution in [1.29, 1.82) is 0 Å². The molecule has 0 saturated carbocycles. The number of amides is 1. The Balaban J connectivity index is 1.54. The van der Waals surface area contributed by atoms with Crippen LogP contribution in [0.4, 0.5) is 4.79 Å². The minimum atomic E-state index is -0.420. The molecule has 0 radical (unpaired) electrons. The van der Waals surface area contributed by atoms with Gasteiger partial charge in [-0.3, -0.25) is 4.90 Å². The van der Waals surface area contributed by atoms with E-state index in [9.17, 15) is 4.79 Å². The van der Waals surface area contributed by atoms with Gasteiger partial charge in [-0.25, -0.2) is 4.79 Å². The zero-order valence-corrected chi connectivity index (χ0v) is 18.6. The lowest BCUT2D eigenvalue weighted by molar-refractivity contribution is -0.000385. The van der Waals surface area contributed by atoms with Crippen molar-refractivity contribution in [1.82, 2.24) is 20.0 Å². The first kappa shape index (κ1) is 21.8. The van der Waals surface area contributed by atoms with E-state index in [1.807, 2.05) is 25.7 Å². The van der Waals surface area contributed by atoms with Gasteiger partial charge in [0.15, 0.2) is 0 Å². The minimum absolute atomic E-state index is 0.162. The molecular weight excluding hydrogens is 352 g/mol. The molecule has 3 unspecified atom stereocenters. The predicted molar refractivity (Wildman–Crippen MR) is 114 cm³/mol. The molecule has 0 bridgehead atoms. The molecule has 1 N–H and O–H groups in total. The third-order valence-electron chi connectivity index (χ3n) is 6.71. The average molecular weight is 395 g/mol. The average Bonchev–Trinajstić information content (AvgIpc) is 2.68. The summed E-state index contributed by atoms with van der Waals surface area (Å²) in [5.74, 6) is 0.737. The summed E-state index contributed by atoms with van der Waals surface area (Å²) in [5.41, 5.74) is -0.420. The van der Waals surface area contributed by atoms with E-state index in [0.29, 0.717) is 6.04 Å². The fourth-order valence-electron chi connectivity index (χ4n) is 5.16. The minimum Gasteiger partial charge on any atom is -0.444 e. The van der Waals surface area contributed by atoms with Gasteiger partial charge in [0.1, 0.15) is 5.60 Å². The first-order valence-corrected chi connectivity index (χ1v) is 11.5. The van der Waals surface area contributed by atoms with E-state index in [1.165, 1.54) is 45.2 Å². The summed E-state index contributed by atoms with van der Waals surface area (Å²) in [6, 6.07) is 1.38. The van der Waals surface area contributed by atoms with Crippen molar-refractivity contribution in [3.05, 3.63) is 0 Å². The molecule has 3 fully saturated rings. The number of hydrogen-bond acceptors (Lipinski definition) is 5. The van der Waals surface area contributed by atoms with Crippen molar-refractivity contribution in [2.24, 2.45) is 5.92 Å². The normalized spacial score (nSPS) is 31.0. The Bertz CT molecular complexity index is 499. The summed E-state index contributed by atoms with van der Waals surface area (Å²) >= 11 is 0. The van der Waals surface area contributed by atoms with Gasteiger partial charge in [0.25, 0.3) is 0 Å². The van der Waals surface area contributed by atoms with Crippen LogP contribution in [0.2, 0.25) is 0 Å². The van der Waals surface area contributed by atoms with Crippen LogP contribution < -0.4 is 5.32 Å². The van der Waals surface area contributed by atoms with Gasteiger partial charge in [-0.2, -0.15) is 0 Å². The van der Waals surface area contributed by atoms with Gasteiger partial charge in [-0.1, -0.05) is 13.3 Å². The van der Waals surface area contributed by atoms with Crippen LogP contribution in [0, 0.1) is 5.92 Å². The Kier molecular flexibility index (Phi) is 7.62. The van der Waals surface area contributed by atoms with E-state index in [1.54, 1.807) is 0 Å². The van der Waals surface area contributed by atoms with Crippen molar-refractivity contribution in [3.63, 3.8) is 0 Å². The van der Waals surface area contributed by atoms with Crippen LogP contribution in [-0.2, 0) is 4.74 Å². The van der Waals surface area contributed by atoms with E-state index >= 15 is 0 Å². The molecule has 0 spiro atoms. The summed E-state index contributed by atoms with van der Waals surface area (Å²) in [6.45, 7) is 16.4. The second-order valence-electron chi connectivity index (χ2n) is 9.88. The van der Waals surface area contributed by atoms with E-state index in [0.717, 1.165) is 51.2 Å². The zero-order valence-electron chi connectivity index (χ0n) is 18.6. The number of nitrogens with one attached hydrogen (secondary N) is 1. The third-order valence-corrected chi connectivity index (χ3v) is 6.71. The summed E-state index contributed by atoms with van der Waals surface area (Å²) in [7, 11) is 0. The van der Waals surface area contributed by atoms with Gasteiger partial charge >= 0.3 is 6.09 Å². The molecule has 0 aromatic heterocycles. The van der Waals surface area contributed by atoms with Crippen LogP contribution in [-0.4, -0.2) is 90.8 Å². The predicted octanol–water partition coefficient (Wildman–Crippen LogP) is 2.78. The summed E-state index contributed by atoms with van der Waals surface area (Å²) in [4.78, 5) is 19.6. The van der Waals surface area contributed by atoms with E-state index < -0.39 is 5.60 Å². The maximum atomic E-state index is 12.4. The maximum absolute atomic E-state index is 12.4. The molecule has 6 heteroatoms. The number of ether oxygens (including phenoxy) is 1. The first-order valence-electron chi connectivity index (χ1n) is 11.5. The highest BCUT2D eigenvalue weighted by atomic mass is 16.6. The van der Waals surface area contributed by atoms with Crippen LogP contribution in [0.5, 0.6) is 0 Å². The van der Waals surface area contributed by atoms with Crippen LogP contribution >= 0.6 is 0 Å². The molecule has 0 aromatic rings. The second-order valence-corrected chi connectivity index (χ2v) is 9.88. The molecule has 3 aliphatic heterocycles. The third kappa shape index (κ3) is 5.83. The highest BCUT2D eigenvalue weighted by molar-refractivity contribution is 5.68. The lowest BCUT2D eigenvalue weighted by Gasteiger charge is -2.47. The van der Waals surface area contributed by atoms with Gasteiger partial charge < -0.3 is 19.9 Å². The SMILES string of the molecule is CCC1CCCCN1CC1CCNCC1N1CCN(C(=O)OC(C)(C)C)CC1. The van der Waals surface area contributed by atoms with Crippen molar-refractivity contribution in [2.45, 2.75) is 77.5 Å². The van der Waals surface area contributed by atoms with Crippen molar-refractivity contribution >= 4 is 6.09 Å². The molecule has 0 aliphatic carbocycles. The Morgan fingerprint density at radius 3 is 2.50 bits per heavy atom. The number of piperazine rings is 1. The highest BCUT2D eigenvalue weighted by Crippen LogP contribution is 2.26. The molecule has 28 heavy (non-hydrogen) atoms. The largest absolute Gasteiger partial charge is 0.444 e. The number of nitrogens with zero attached hydrogens (tertiary/aromatic N) is 3. The molecule has 1 amide bonds. The number of piperidine rings is 2. The second kappa shape index (κ2) is 9.77. The maximum Gasteiger partial charge on any atom is 0.410 e. The summed E-state index contributed by atoms with van der Waals surface area (Å²) in [5, 5.41) is 3.62. The fraction of sp³-hybridized carbons (Fsp3) is 0.955. The quantitative estimate of drug-likeness (QED) is 0.795. The lowest BCUT2D eigenvalue weighted by atomic mass is 9.88. The smallest absolute Gasteiger partial charge is 0.410 e. The van der Waals surface area contributed by atoms with Crippen molar-refractivity contribution < 1.29 is 9.53 Å². The Morgan fingerprint density at radius 2 is 1.82 bits per heavy atom. The van der Waals surface area contributed by atoms with Crippen LogP contribution in [0.3, 0.4) is 0 Å². The molecule has 0 aromatic carbocycles. The number of rotatable bonds is 4. The fourth-order valence-corrected chi connectivity index (χ4v) is 5.16. The van der Waals surface area contributed by atoms with Crippen molar-refractivity contribution in [2.75, 3.05) is 52.4 Å². The molecule has 162 valence electrons. The first-order chi connectivity index (χ1) is 13.4. The standard InChI is InChI=1S/C22H42N4O2/c1-5-19-8-6-7-11-26(19)17-18-9-10-23-16-20(18)24-12-14-25(15-13-24)21(27)28-22(2,3)4/h18-20,23H,5-17H2,1-4H3. The van der Waals surface area contributed by atoms with Gasteiger partial charge in [0, 0.05) is 51.4 Å². The monoisotopic (exact) mass is 394 g/mol. The molecule has 3 atom stereocenters. The molecular formula is C22H42N4O2. The summed E-state index contributed by atoms with van der Waals surface area (Å²) in [6.07, 6.45) is 6.52. The Hall–Kier alpha value is -0.850. The Labute approximate surface area is 171 Å². The van der Waals surface area contributed by atoms with Gasteiger partial charge in [0.05, 0.1) is 0 Å². The van der Waals surface area contributed by atoms with Gasteiger partial charge in [-0.05, 0) is 65.5 Å². The van der Waals surface area contributed by atoms with Crippen LogP contribution in [0.25, 0.3) is 0 Å². The zero-order chi connectivity index (χ0) is 20.1. The van der Waals surface area contributed by atoms with Gasteiger partial charge in [-0.15, -0.1) is 0 Å². The molecule has 6 nitrogen and oxygen atoms in total. The number of carbonyl (C=O) groups is 1. The molecule has 3 rings (SSSR count). The van der Waals surface area contributed by atoms with Gasteiger partial charge in [0.2, 0.25) is 0 Å². The van der Waals surface area contributed by atoms with Crippen molar-refractivity contribution in [3.8, 4) is 0 Å².